The number of nitrogens with two attached hydrogens (primary N) is 1. The highest BCUT2D eigenvalue weighted by atomic mass is 19.4. The Bertz CT molecular complexity index is 875. The molecule has 196 valence electrons. The van der Waals surface area contributed by atoms with E-state index in [1.54, 1.807) is 0 Å². The lowest BCUT2D eigenvalue weighted by Gasteiger charge is -2.40. The number of alkyl halides is 3. The molecule has 3 atom stereocenters. The van der Waals surface area contributed by atoms with Gasteiger partial charge in [-0.3, -0.25) is 15.1 Å². The van der Waals surface area contributed by atoms with Crippen LogP contribution in [0, 0.1) is 5.92 Å². The van der Waals surface area contributed by atoms with Crippen molar-refractivity contribution in [1.29, 1.82) is 0 Å². The van der Waals surface area contributed by atoms with E-state index in [2.05, 4.69) is 41.4 Å². The number of rotatable bonds is 8. The molecule has 10 heteroatoms. The summed E-state index contributed by atoms with van der Waals surface area (Å²) in [4.78, 5) is 22.3. The fraction of sp³-hybridized carbons (Fsp3) is 0.760. The van der Waals surface area contributed by atoms with Gasteiger partial charge >= 0.3 is 6.18 Å². The molecular weight excluding hydrogens is 457 g/mol. The molecule has 0 aromatic rings. The maximum Gasteiger partial charge on any atom is 0.413 e. The lowest BCUT2D eigenvalue weighted by atomic mass is 9.89. The number of carbonyl (C=O) groups is 1. The smallest absolute Gasteiger partial charge is 0.347 e. The largest absolute Gasteiger partial charge is 0.413 e. The number of nitrogens with one attached hydrogen (secondary N) is 2. The molecule has 0 spiro atoms. The second kappa shape index (κ2) is 10.6. The van der Waals surface area contributed by atoms with Crippen LogP contribution in [-0.2, 0) is 4.79 Å². The fourth-order valence-electron chi connectivity index (χ4n) is 5.88. The van der Waals surface area contributed by atoms with Crippen molar-refractivity contribution in [2.24, 2.45) is 16.6 Å². The minimum atomic E-state index is -4.46. The van der Waals surface area contributed by atoms with Crippen molar-refractivity contribution in [1.82, 2.24) is 20.4 Å². The Morgan fingerprint density at radius 2 is 1.94 bits per heavy atom. The van der Waals surface area contributed by atoms with Gasteiger partial charge in [0.25, 0.3) is 0 Å². The second-order valence-electron chi connectivity index (χ2n) is 10.5. The van der Waals surface area contributed by atoms with Crippen molar-refractivity contribution in [3.63, 3.8) is 0 Å². The summed E-state index contributed by atoms with van der Waals surface area (Å²) in [6.45, 7) is 5.50. The number of likely N-dealkylation sites (tertiary alicyclic amines) is 1. The van der Waals surface area contributed by atoms with Crippen molar-refractivity contribution in [3.05, 3.63) is 23.4 Å². The molecule has 2 aliphatic heterocycles. The third-order valence-corrected chi connectivity index (χ3v) is 8.07. The first-order valence-electron chi connectivity index (χ1n) is 12.9. The Labute approximate surface area is 206 Å². The van der Waals surface area contributed by atoms with E-state index in [0.29, 0.717) is 56.0 Å². The summed E-state index contributed by atoms with van der Waals surface area (Å²) in [6, 6.07) is 0.707. The highest BCUT2D eigenvalue weighted by molar-refractivity contribution is 5.86. The Balaban J connectivity index is 1.43. The lowest BCUT2D eigenvalue weighted by Crippen LogP contribution is -2.53. The molecule has 1 saturated heterocycles. The van der Waals surface area contributed by atoms with Gasteiger partial charge in [-0.15, -0.1) is 0 Å². The highest BCUT2D eigenvalue weighted by Gasteiger charge is 2.48. The maximum atomic E-state index is 13.7. The molecule has 2 heterocycles. The number of carbonyl (C=O) groups excluding carboxylic acids is 1. The van der Waals surface area contributed by atoms with Crippen LogP contribution in [0.15, 0.2) is 28.4 Å². The summed E-state index contributed by atoms with van der Waals surface area (Å²) < 4.78 is 41.2. The van der Waals surface area contributed by atoms with E-state index in [-0.39, 0.29) is 11.9 Å². The van der Waals surface area contributed by atoms with Crippen LogP contribution in [0.4, 0.5) is 13.2 Å². The van der Waals surface area contributed by atoms with Gasteiger partial charge in [-0.25, -0.2) is 0 Å². The van der Waals surface area contributed by atoms with Crippen LogP contribution in [0.25, 0.3) is 0 Å². The minimum absolute atomic E-state index is 0.0102. The van der Waals surface area contributed by atoms with Crippen LogP contribution < -0.4 is 16.4 Å². The standard InChI is InChI=1S/C25H39F3N6O/c1-15(2)33(3)16-6-8-17(9-7-16)34-14-12-20(24(34)35)31-23-22-18(25(26,27)28)10-11-19(22)30-21(32-23)5-4-13-29/h10-11,15-17,20,22-23,31H,4-9,12-14,29H2,1-3H3,(H,30,32). The first-order chi connectivity index (χ1) is 16.6. The van der Waals surface area contributed by atoms with E-state index in [9.17, 15) is 18.0 Å². The summed E-state index contributed by atoms with van der Waals surface area (Å²) in [5.41, 5.74) is 5.47. The third kappa shape index (κ3) is 5.59. The normalized spacial score (nSPS) is 31.5. The SMILES string of the molecule is CC(C)N(C)C1CCC(N2CCC(NC3N=C(CCCN)NC4=CC=C(C(F)(F)F)C43)C2=O)CC1. The Kier molecular flexibility index (Phi) is 7.92. The van der Waals surface area contributed by atoms with Gasteiger partial charge in [-0.2, -0.15) is 13.2 Å². The monoisotopic (exact) mass is 496 g/mol. The zero-order valence-corrected chi connectivity index (χ0v) is 20.9. The average molecular weight is 497 g/mol. The summed E-state index contributed by atoms with van der Waals surface area (Å²) in [5.74, 6) is -0.369. The molecule has 4 N–H and O–H groups in total. The van der Waals surface area contributed by atoms with Crippen LogP contribution in [-0.4, -0.2) is 78.2 Å². The summed E-state index contributed by atoms with van der Waals surface area (Å²) in [5, 5.41) is 6.28. The number of hydrogen-bond donors (Lipinski definition) is 3. The van der Waals surface area contributed by atoms with Gasteiger partial charge in [-0.1, -0.05) is 6.08 Å². The fourth-order valence-corrected chi connectivity index (χ4v) is 5.88. The van der Waals surface area contributed by atoms with Gasteiger partial charge in [0.1, 0.15) is 12.0 Å². The first kappa shape index (κ1) is 26.2. The van der Waals surface area contributed by atoms with Gasteiger partial charge in [0.15, 0.2) is 0 Å². The topological polar surface area (TPSA) is 86.0 Å². The molecule has 2 fully saturated rings. The molecule has 0 radical (unpaired) electrons. The van der Waals surface area contributed by atoms with E-state index in [1.165, 1.54) is 6.08 Å². The number of halogens is 3. The van der Waals surface area contributed by atoms with Crippen molar-refractivity contribution in [3.8, 4) is 0 Å². The number of amides is 1. The highest BCUT2D eigenvalue weighted by Crippen LogP contribution is 2.42. The Hall–Kier alpha value is -1.91. The van der Waals surface area contributed by atoms with Gasteiger partial charge < -0.3 is 20.9 Å². The quantitative estimate of drug-likeness (QED) is 0.481. The minimum Gasteiger partial charge on any atom is -0.347 e. The van der Waals surface area contributed by atoms with Gasteiger partial charge in [0.05, 0.1) is 12.0 Å². The average Bonchev–Trinajstić information content (AvgIpc) is 3.41. The van der Waals surface area contributed by atoms with Crippen molar-refractivity contribution in [2.75, 3.05) is 20.1 Å². The van der Waals surface area contributed by atoms with Crippen LogP contribution in [0.1, 0.15) is 58.8 Å². The molecule has 2 aliphatic carbocycles. The molecule has 35 heavy (non-hydrogen) atoms. The molecule has 4 rings (SSSR count). The zero-order chi connectivity index (χ0) is 25.3. The predicted octanol–water partition coefficient (Wildman–Crippen LogP) is 2.90. The Morgan fingerprint density at radius 1 is 1.23 bits per heavy atom. The zero-order valence-electron chi connectivity index (χ0n) is 20.9. The predicted molar refractivity (Wildman–Crippen MR) is 131 cm³/mol. The number of fused-ring (bicyclic) bond motifs is 1. The lowest BCUT2D eigenvalue weighted by molar-refractivity contribution is -0.132. The molecule has 4 aliphatic rings. The van der Waals surface area contributed by atoms with Gasteiger partial charge in [0.2, 0.25) is 5.91 Å². The Morgan fingerprint density at radius 3 is 2.57 bits per heavy atom. The summed E-state index contributed by atoms with van der Waals surface area (Å²) in [7, 11) is 2.16. The molecular formula is C25H39F3N6O. The van der Waals surface area contributed by atoms with Crippen LogP contribution >= 0.6 is 0 Å². The number of amidine groups is 1. The molecule has 0 aromatic carbocycles. The number of aliphatic imine (C=N–C) groups is 1. The molecule has 1 amide bonds. The van der Waals surface area contributed by atoms with Crippen molar-refractivity contribution in [2.45, 2.75) is 95.3 Å². The van der Waals surface area contributed by atoms with Crippen LogP contribution in [0.3, 0.4) is 0 Å². The maximum absolute atomic E-state index is 13.7. The van der Waals surface area contributed by atoms with Gasteiger partial charge in [0, 0.05) is 42.4 Å². The number of allylic oxidation sites excluding steroid dienone is 2. The second-order valence-corrected chi connectivity index (χ2v) is 10.5. The van der Waals surface area contributed by atoms with Crippen molar-refractivity contribution >= 4 is 11.7 Å². The van der Waals surface area contributed by atoms with Gasteiger partial charge in [-0.05, 0) is 72.0 Å². The molecule has 7 nitrogen and oxygen atoms in total. The van der Waals surface area contributed by atoms with Crippen LogP contribution in [0.5, 0.6) is 0 Å². The molecule has 3 unspecified atom stereocenters. The van der Waals surface area contributed by atoms with E-state index in [1.807, 2.05) is 4.90 Å². The van der Waals surface area contributed by atoms with E-state index in [4.69, 9.17) is 5.73 Å². The van der Waals surface area contributed by atoms with Crippen LogP contribution in [0.2, 0.25) is 0 Å². The third-order valence-electron chi connectivity index (χ3n) is 8.07. The van der Waals surface area contributed by atoms with Crippen molar-refractivity contribution < 1.29 is 18.0 Å². The summed E-state index contributed by atoms with van der Waals surface area (Å²) >= 11 is 0. The number of nitrogens with zero attached hydrogens (tertiary/aromatic N) is 3. The van der Waals surface area contributed by atoms with E-state index in [0.717, 1.165) is 31.8 Å². The number of hydrogen-bond acceptors (Lipinski definition) is 6. The molecule has 0 aromatic heterocycles. The van der Waals surface area contributed by atoms with E-state index < -0.39 is 29.9 Å². The first-order valence-corrected chi connectivity index (χ1v) is 12.9. The molecule has 1 saturated carbocycles. The molecule has 0 bridgehead atoms. The summed E-state index contributed by atoms with van der Waals surface area (Å²) in [6.07, 6.45) is 3.17. The van der Waals surface area contributed by atoms with E-state index >= 15 is 0 Å².